The number of nitrogen functional groups attached to an aromatic ring is 1. The highest BCUT2D eigenvalue weighted by molar-refractivity contribution is 5.96. The van der Waals surface area contributed by atoms with Crippen molar-refractivity contribution in [1.82, 2.24) is 9.97 Å². The van der Waals surface area contributed by atoms with Gasteiger partial charge in [0.1, 0.15) is 0 Å². The molecule has 0 unspecified atom stereocenters. The van der Waals surface area contributed by atoms with E-state index in [0.29, 0.717) is 0 Å². The number of ether oxygens (including phenoxy) is 1. The monoisotopic (exact) mass is 317 g/mol. The molecule has 3 N–H and O–H groups in total. The van der Waals surface area contributed by atoms with E-state index in [9.17, 15) is 19.7 Å². The Morgan fingerprint density at radius 3 is 2.74 bits per heavy atom. The van der Waals surface area contributed by atoms with E-state index >= 15 is 0 Å². The summed E-state index contributed by atoms with van der Waals surface area (Å²) >= 11 is 0. The molecule has 2 rings (SSSR count). The van der Waals surface area contributed by atoms with E-state index in [0.717, 1.165) is 0 Å². The smallest absolute Gasteiger partial charge is 0.361 e. The van der Waals surface area contributed by atoms with Crippen LogP contribution in [-0.4, -0.2) is 33.4 Å². The van der Waals surface area contributed by atoms with Crippen LogP contribution in [0.25, 0.3) is 0 Å². The molecule has 0 spiro atoms. The van der Waals surface area contributed by atoms with E-state index in [1.807, 2.05) is 0 Å². The number of nitrogens with zero attached hydrogens (tertiary/aromatic N) is 3. The number of nitrogens with two attached hydrogens (primary N) is 1. The minimum absolute atomic E-state index is 0.114. The zero-order valence-electron chi connectivity index (χ0n) is 11.6. The number of carbonyl (C=O) groups is 2. The van der Waals surface area contributed by atoms with Crippen LogP contribution in [0.2, 0.25) is 0 Å². The lowest BCUT2D eigenvalue weighted by atomic mass is 10.3. The lowest BCUT2D eigenvalue weighted by Crippen LogP contribution is -2.22. The van der Waals surface area contributed by atoms with Crippen molar-refractivity contribution in [2.24, 2.45) is 0 Å². The maximum Gasteiger partial charge on any atom is 0.361 e. The fraction of sp³-hybridized carbons (Fsp3) is 0.0769. The van der Waals surface area contributed by atoms with Gasteiger partial charge in [0.25, 0.3) is 11.6 Å². The number of aromatic nitrogens is 2. The van der Waals surface area contributed by atoms with Crippen LogP contribution >= 0.6 is 0 Å². The first kappa shape index (κ1) is 15.8. The highest BCUT2D eigenvalue weighted by atomic mass is 16.6. The van der Waals surface area contributed by atoms with Gasteiger partial charge in [0, 0.05) is 30.2 Å². The fourth-order valence-corrected chi connectivity index (χ4v) is 1.60. The molecule has 10 heteroatoms. The average Bonchev–Trinajstić information content (AvgIpc) is 2.53. The summed E-state index contributed by atoms with van der Waals surface area (Å²) < 4.78 is 4.75. The first-order valence-corrected chi connectivity index (χ1v) is 6.25. The number of nitro groups is 1. The molecule has 23 heavy (non-hydrogen) atoms. The summed E-state index contributed by atoms with van der Waals surface area (Å²) in [4.78, 5) is 40.8. The SMILES string of the molecule is Nc1nccnc1C(=O)OCC(=O)Nc1cccc([N+](=O)[O-])c1. The highest BCUT2D eigenvalue weighted by Crippen LogP contribution is 2.16. The number of hydrogen-bond donors (Lipinski definition) is 2. The van der Waals surface area contributed by atoms with Gasteiger partial charge in [-0.25, -0.2) is 14.8 Å². The molecule has 1 amide bonds. The number of rotatable bonds is 5. The maximum absolute atomic E-state index is 11.7. The standard InChI is InChI=1S/C13H11N5O5/c14-12-11(15-4-5-16-12)13(20)23-7-10(19)17-8-2-1-3-9(6-8)18(21)22/h1-6H,7H2,(H2,14,16)(H,17,19). The zero-order valence-corrected chi connectivity index (χ0v) is 11.6. The number of hydrogen-bond acceptors (Lipinski definition) is 8. The van der Waals surface area contributed by atoms with Gasteiger partial charge in [0.05, 0.1) is 4.92 Å². The Morgan fingerprint density at radius 2 is 2.04 bits per heavy atom. The van der Waals surface area contributed by atoms with Crippen LogP contribution in [0.5, 0.6) is 0 Å². The normalized spacial score (nSPS) is 9.91. The molecule has 118 valence electrons. The Morgan fingerprint density at radius 1 is 1.30 bits per heavy atom. The lowest BCUT2D eigenvalue weighted by molar-refractivity contribution is -0.384. The van der Waals surface area contributed by atoms with Crippen molar-refractivity contribution in [2.45, 2.75) is 0 Å². The number of nitrogens with one attached hydrogen (secondary N) is 1. The third kappa shape index (κ3) is 4.20. The fourth-order valence-electron chi connectivity index (χ4n) is 1.60. The van der Waals surface area contributed by atoms with E-state index < -0.39 is 23.4 Å². The predicted molar refractivity (Wildman–Crippen MR) is 78.5 cm³/mol. The van der Waals surface area contributed by atoms with Crippen LogP contribution in [0.15, 0.2) is 36.7 Å². The molecule has 0 aliphatic carbocycles. The summed E-state index contributed by atoms with van der Waals surface area (Å²) in [7, 11) is 0. The molecule has 1 aromatic heterocycles. The van der Waals surface area contributed by atoms with E-state index in [-0.39, 0.29) is 22.9 Å². The Kier molecular flexibility index (Phi) is 4.77. The molecule has 1 aromatic carbocycles. The van der Waals surface area contributed by atoms with Crippen LogP contribution in [0, 0.1) is 10.1 Å². The molecule has 0 aliphatic rings. The molecule has 0 aliphatic heterocycles. The second-order valence-electron chi connectivity index (χ2n) is 4.22. The molecule has 0 fully saturated rings. The Labute approximate surface area is 129 Å². The Balaban J connectivity index is 1.93. The minimum Gasteiger partial charge on any atom is -0.451 e. The van der Waals surface area contributed by atoms with Gasteiger partial charge in [-0.3, -0.25) is 14.9 Å². The van der Waals surface area contributed by atoms with Crippen LogP contribution in [0.3, 0.4) is 0 Å². The van der Waals surface area contributed by atoms with Crippen molar-refractivity contribution in [3.05, 3.63) is 52.5 Å². The third-order valence-electron chi connectivity index (χ3n) is 2.59. The Bertz CT molecular complexity index is 764. The molecule has 10 nitrogen and oxygen atoms in total. The second kappa shape index (κ2) is 6.93. The number of anilines is 2. The van der Waals surface area contributed by atoms with Crippen LogP contribution in [-0.2, 0) is 9.53 Å². The molecular formula is C13H11N5O5. The van der Waals surface area contributed by atoms with Crippen LogP contribution < -0.4 is 11.1 Å². The summed E-state index contributed by atoms with van der Waals surface area (Å²) in [6, 6.07) is 5.35. The number of nitro benzene ring substituents is 1. The van der Waals surface area contributed by atoms with E-state index in [2.05, 4.69) is 15.3 Å². The maximum atomic E-state index is 11.7. The quantitative estimate of drug-likeness (QED) is 0.466. The molecule has 0 saturated heterocycles. The number of carbonyl (C=O) groups excluding carboxylic acids is 2. The van der Waals surface area contributed by atoms with E-state index in [1.54, 1.807) is 0 Å². The van der Waals surface area contributed by atoms with Gasteiger partial charge >= 0.3 is 5.97 Å². The Hall–Kier alpha value is -3.56. The van der Waals surface area contributed by atoms with E-state index in [1.165, 1.54) is 36.7 Å². The molecule has 0 radical (unpaired) electrons. The van der Waals surface area contributed by atoms with Gasteiger partial charge in [-0.05, 0) is 6.07 Å². The number of benzene rings is 1. The summed E-state index contributed by atoms with van der Waals surface area (Å²) in [6.45, 7) is -0.600. The molecule has 1 heterocycles. The minimum atomic E-state index is -0.898. The van der Waals surface area contributed by atoms with Gasteiger partial charge in [-0.2, -0.15) is 0 Å². The van der Waals surface area contributed by atoms with Crippen LogP contribution in [0.4, 0.5) is 17.2 Å². The van der Waals surface area contributed by atoms with Gasteiger partial charge in [0.15, 0.2) is 18.1 Å². The van der Waals surface area contributed by atoms with Gasteiger partial charge < -0.3 is 15.8 Å². The molecule has 0 bridgehead atoms. The van der Waals surface area contributed by atoms with Gasteiger partial charge in [0.2, 0.25) is 0 Å². The number of esters is 1. The first-order valence-electron chi connectivity index (χ1n) is 6.25. The third-order valence-corrected chi connectivity index (χ3v) is 2.59. The molecular weight excluding hydrogens is 306 g/mol. The zero-order chi connectivity index (χ0) is 16.8. The summed E-state index contributed by atoms with van der Waals surface area (Å²) in [5, 5.41) is 13.0. The van der Waals surface area contributed by atoms with E-state index in [4.69, 9.17) is 10.5 Å². The van der Waals surface area contributed by atoms with Gasteiger partial charge in [-0.15, -0.1) is 0 Å². The predicted octanol–water partition coefficient (Wildman–Crippen LogP) is 0.762. The van der Waals surface area contributed by atoms with Gasteiger partial charge in [-0.1, -0.05) is 6.07 Å². The van der Waals surface area contributed by atoms with Crippen LogP contribution in [0.1, 0.15) is 10.5 Å². The first-order chi connectivity index (χ1) is 11.0. The summed E-state index contributed by atoms with van der Waals surface area (Å²) in [6.07, 6.45) is 2.57. The summed E-state index contributed by atoms with van der Waals surface area (Å²) in [5.41, 5.74) is 5.29. The van der Waals surface area contributed by atoms with Crippen molar-refractivity contribution in [3.8, 4) is 0 Å². The van der Waals surface area contributed by atoms with Crippen molar-refractivity contribution < 1.29 is 19.2 Å². The number of non-ortho nitro benzene ring substituents is 1. The largest absolute Gasteiger partial charge is 0.451 e. The second-order valence-corrected chi connectivity index (χ2v) is 4.22. The molecule has 2 aromatic rings. The number of amides is 1. The molecule has 0 atom stereocenters. The topological polar surface area (TPSA) is 150 Å². The summed E-state index contributed by atoms with van der Waals surface area (Å²) in [5.74, 6) is -1.68. The molecule has 0 saturated carbocycles. The highest BCUT2D eigenvalue weighted by Gasteiger charge is 2.15. The van der Waals surface area contributed by atoms with Crippen molar-refractivity contribution in [3.63, 3.8) is 0 Å². The van der Waals surface area contributed by atoms with Crippen molar-refractivity contribution in [2.75, 3.05) is 17.7 Å². The lowest BCUT2D eigenvalue weighted by Gasteiger charge is -2.06. The van der Waals surface area contributed by atoms with Crippen molar-refractivity contribution >= 4 is 29.1 Å². The van der Waals surface area contributed by atoms with Crippen molar-refractivity contribution in [1.29, 1.82) is 0 Å². The average molecular weight is 317 g/mol.